The summed E-state index contributed by atoms with van der Waals surface area (Å²) in [5.41, 5.74) is 0.105. The van der Waals surface area contributed by atoms with Crippen molar-refractivity contribution in [2.45, 2.75) is 6.42 Å². The summed E-state index contributed by atoms with van der Waals surface area (Å²) in [5, 5.41) is 12.3. The molecule has 2 N–H and O–H groups in total. The number of nitrogens with zero attached hydrogens (tertiary/aromatic N) is 1. The van der Waals surface area contributed by atoms with Gasteiger partial charge in [-0.25, -0.2) is 4.98 Å². The van der Waals surface area contributed by atoms with Crippen LogP contribution in [0.15, 0.2) is 18.3 Å². The summed E-state index contributed by atoms with van der Waals surface area (Å²) in [7, 11) is 0. The second-order valence-corrected chi connectivity index (χ2v) is 4.96. The van der Waals surface area contributed by atoms with Crippen LogP contribution in [-0.4, -0.2) is 34.0 Å². The Kier molecular flexibility index (Phi) is 3.66. The van der Waals surface area contributed by atoms with Gasteiger partial charge in [0.1, 0.15) is 5.75 Å². The first-order valence-electron chi connectivity index (χ1n) is 5.27. The molecule has 2 heterocycles. The summed E-state index contributed by atoms with van der Waals surface area (Å²) < 4.78 is 0. The maximum absolute atomic E-state index is 11.7. The van der Waals surface area contributed by atoms with Crippen molar-refractivity contribution in [1.82, 2.24) is 10.3 Å². The molecule has 1 saturated heterocycles. The smallest absolute Gasteiger partial charge is 0.273 e. The fraction of sp³-hybridized carbons (Fsp3) is 0.455. The van der Waals surface area contributed by atoms with E-state index in [0.717, 1.165) is 12.2 Å². The summed E-state index contributed by atoms with van der Waals surface area (Å²) in [5.74, 6) is 2.47. The van der Waals surface area contributed by atoms with Crippen LogP contribution < -0.4 is 5.32 Å². The Hall–Kier alpha value is -1.23. The minimum atomic E-state index is -0.296. The van der Waals surface area contributed by atoms with Gasteiger partial charge in [-0.2, -0.15) is 11.8 Å². The lowest BCUT2D eigenvalue weighted by Crippen LogP contribution is -2.29. The lowest BCUT2D eigenvalue weighted by Gasteiger charge is -2.09. The molecule has 0 aromatic carbocycles. The highest BCUT2D eigenvalue weighted by atomic mass is 32.2. The number of nitrogens with one attached hydrogen (secondary N) is 1. The molecule has 0 bridgehead atoms. The standard InChI is InChI=1S/C11H14N2O2S/c14-9-2-1-4-12-10(9)11(15)13-6-8-3-5-16-7-8/h1-2,4,8,14H,3,5-7H2,(H,13,15). The van der Waals surface area contributed by atoms with Crippen molar-refractivity contribution in [3.8, 4) is 5.75 Å². The van der Waals surface area contributed by atoms with E-state index in [1.165, 1.54) is 18.0 Å². The molecular formula is C11H14N2O2S. The van der Waals surface area contributed by atoms with Gasteiger partial charge in [-0.3, -0.25) is 4.79 Å². The fourth-order valence-electron chi connectivity index (χ4n) is 1.64. The number of hydrogen-bond donors (Lipinski definition) is 2. The van der Waals surface area contributed by atoms with Gasteiger partial charge in [0.25, 0.3) is 5.91 Å². The average molecular weight is 238 g/mol. The number of thioether (sulfide) groups is 1. The van der Waals surface area contributed by atoms with Crippen LogP contribution in [-0.2, 0) is 0 Å². The van der Waals surface area contributed by atoms with Crippen molar-refractivity contribution in [2.75, 3.05) is 18.1 Å². The fourth-order valence-corrected chi connectivity index (χ4v) is 2.92. The maximum atomic E-state index is 11.7. The molecule has 1 unspecified atom stereocenters. The number of aromatic hydroxyl groups is 1. The molecule has 0 saturated carbocycles. The minimum Gasteiger partial charge on any atom is -0.505 e. The normalized spacial score (nSPS) is 19.6. The van der Waals surface area contributed by atoms with Gasteiger partial charge in [-0.15, -0.1) is 0 Å². The Balaban J connectivity index is 1.90. The summed E-state index contributed by atoms with van der Waals surface area (Å²) in [6.07, 6.45) is 2.65. The molecule has 16 heavy (non-hydrogen) atoms. The largest absolute Gasteiger partial charge is 0.505 e. The van der Waals surface area contributed by atoms with E-state index in [2.05, 4.69) is 10.3 Å². The third-order valence-electron chi connectivity index (χ3n) is 2.58. The predicted molar refractivity (Wildman–Crippen MR) is 63.7 cm³/mol. The highest BCUT2D eigenvalue weighted by molar-refractivity contribution is 7.99. The molecule has 0 radical (unpaired) electrons. The van der Waals surface area contributed by atoms with Gasteiger partial charge in [0.15, 0.2) is 5.69 Å². The Morgan fingerprint density at radius 2 is 2.56 bits per heavy atom. The van der Waals surface area contributed by atoms with E-state index >= 15 is 0 Å². The highest BCUT2D eigenvalue weighted by Gasteiger charge is 2.18. The van der Waals surface area contributed by atoms with Crippen molar-refractivity contribution in [2.24, 2.45) is 5.92 Å². The van der Waals surface area contributed by atoms with Crippen LogP contribution in [0.2, 0.25) is 0 Å². The zero-order valence-electron chi connectivity index (χ0n) is 8.85. The SMILES string of the molecule is O=C(NCC1CCSC1)c1ncccc1O. The number of hydrogen-bond acceptors (Lipinski definition) is 4. The Morgan fingerprint density at radius 1 is 1.69 bits per heavy atom. The average Bonchev–Trinajstić information content (AvgIpc) is 2.79. The molecule has 1 aromatic rings. The first-order valence-corrected chi connectivity index (χ1v) is 6.43. The summed E-state index contributed by atoms with van der Waals surface area (Å²) in [6, 6.07) is 3.06. The van der Waals surface area contributed by atoms with Crippen LogP contribution in [0.1, 0.15) is 16.9 Å². The van der Waals surface area contributed by atoms with Crippen molar-refractivity contribution >= 4 is 17.7 Å². The van der Waals surface area contributed by atoms with E-state index in [-0.39, 0.29) is 17.4 Å². The minimum absolute atomic E-state index is 0.0687. The molecule has 86 valence electrons. The summed E-state index contributed by atoms with van der Waals surface area (Å²) in [4.78, 5) is 15.5. The zero-order valence-corrected chi connectivity index (χ0v) is 9.67. The Bertz CT molecular complexity index is 378. The van der Waals surface area contributed by atoms with Gasteiger partial charge in [-0.05, 0) is 36.0 Å². The molecule has 2 rings (SSSR count). The molecule has 0 spiro atoms. The molecule has 0 aliphatic carbocycles. The van der Waals surface area contributed by atoms with Crippen LogP contribution in [0.25, 0.3) is 0 Å². The molecule has 1 aliphatic rings. The van der Waals surface area contributed by atoms with Gasteiger partial charge in [0.05, 0.1) is 0 Å². The lowest BCUT2D eigenvalue weighted by molar-refractivity contribution is 0.0940. The van der Waals surface area contributed by atoms with Crippen molar-refractivity contribution < 1.29 is 9.90 Å². The second kappa shape index (κ2) is 5.21. The molecule has 4 nitrogen and oxygen atoms in total. The van der Waals surface area contributed by atoms with Crippen molar-refractivity contribution in [1.29, 1.82) is 0 Å². The zero-order chi connectivity index (χ0) is 11.4. The third-order valence-corrected chi connectivity index (χ3v) is 3.81. The summed E-state index contributed by atoms with van der Waals surface area (Å²) in [6.45, 7) is 0.668. The number of amides is 1. The first-order chi connectivity index (χ1) is 7.77. The topological polar surface area (TPSA) is 62.2 Å². The van der Waals surface area contributed by atoms with Gasteiger partial charge in [-0.1, -0.05) is 0 Å². The van der Waals surface area contributed by atoms with E-state index < -0.39 is 0 Å². The molecular weight excluding hydrogens is 224 g/mol. The predicted octanol–water partition coefficient (Wildman–Crippen LogP) is 1.27. The maximum Gasteiger partial charge on any atom is 0.273 e. The van der Waals surface area contributed by atoms with Gasteiger partial charge < -0.3 is 10.4 Å². The lowest BCUT2D eigenvalue weighted by atomic mass is 10.1. The number of aromatic nitrogens is 1. The molecule has 1 aromatic heterocycles. The van der Waals surface area contributed by atoms with Gasteiger partial charge >= 0.3 is 0 Å². The van der Waals surface area contributed by atoms with Crippen LogP contribution in [0.5, 0.6) is 5.75 Å². The van der Waals surface area contributed by atoms with Crippen LogP contribution in [0.4, 0.5) is 0 Å². The van der Waals surface area contributed by atoms with E-state index in [0.29, 0.717) is 12.5 Å². The Morgan fingerprint density at radius 3 is 3.25 bits per heavy atom. The van der Waals surface area contributed by atoms with E-state index in [4.69, 9.17) is 0 Å². The van der Waals surface area contributed by atoms with Gasteiger partial charge in [0.2, 0.25) is 0 Å². The quantitative estimate of drug-likeness (QED) is 0.832. The van der Waals surface area contributed by atoms with E-state index in [1.54, 1.807) is 6.07 Å². The number of carbonyl (C=O) groups excluding carboxylic acids is 1. The van der Waals surface area contributed by atoms with Crippen LogP contribution in [0, 0.1) is 5.92 Å². The molecule has 1 fully saturated rings. The van der Waals surface area contributed by atoms with Crippen molar-refractivity contribution in [3.05, 3.63) is 24.0 Å². The first kappa shape index (κ1) is 11.3. The van der Waals surface area contributed by atoms with Crippen molar-refractivity contribution in [3.63, 3.8) is 0 Å². The van der Waals surface area contributed by atoms with Crippen LogP contribution in [0.3, 0.4) is 0 Å². The number of carbonyl (C=O) groups is 1. The molecule has 1 atom stereocenters. The van der Waals surface area contributed by atoms with Gasteiger partial charge in [0, 0.05) is 12.7 Å². The number of rotatable bonds is 3. The molecule has 1 aliphatic heterocycles. The molecule has 5 heteroatoms. The van der Waals surface area contributed by atoms with E-state index in [9.17, 15) is 9.90 Å². The second-order valence-electron chi connectivity index (χ2n) is 3.81. The van der Waals surface area contributed by atoms with Crippen LogP contribution >= 0.6 is 11.8 Å². The Labute approximate surface area is 98.5 Å². The third kappa shape index (κ3) is 2.66. The number of pyridine rings is 1. The highest BCUT2D eigenvalue weighted by Crippen LogP contribution is 2.22. The molecule has 1 amide bonds. The summed E-state index contributed by atoms with van der Waals surface area (Å²) >= 11 is 1.92. The monoisotopic (exact) mass is 238 g/mol. The van der Waals surface area contributed by atoms with E-state index in [1.807, 2.05) is 11.8 Å².